The van der Waals surface area contributed by atoms with Crippen molar-refractivity contribution in [2.45, 2.75) is 64.3 Å². The third kappa shape index (κ3) is 3.12. The number of fused-ring (bicyclic) bond motifs is 1. The second kappa shape index (κ2) is 6.54. The Bertz CT molecular complexity index is 488. The van der Waals surface area contributed by atoms with E-state index in [2.05, 4.69) is 5.10 Å². The highest BCUT2D eigenvalue weighted by Gasteiger charge is 2.17. The molecule has 0 aromatic carbocycles. The molecule has 1 aromatic heterocycles. The Balaban J connectivity index is 1.56. The summed E-state index contributed by atoms with van der Waals surface area (Å²) < 4.78 is 14.5. The van der Waals surface area contributed by atoms with E-state index in [1.165, 1.54) is 6.42 Å². The van der Waals surface area contributed by atoms with Crippen LogP contribution in [0.25, 0.3) is 0 Å². The summed E-state index contributed by atoms with van der Waals surface area (Å²) in [6, 6.07) is 0. The van der Waals surface area contributed by atoms with Crippen LogP contribution in [0.2, 0.25) is 0 Å². The van der Waals surface area contributed by atoms with E-state index in [1.54, 1.807) is 4.68 Å². The summed E-state index contributed by atoms with van der Waals surface area (Å²) in [5, 5.41) is 4.44. The first-order valence-corrected chi connectivity index (χ1v) is 7.74. The summed E-state index contributed by atoms with van der Waals surface area (Å²) in [6.07, 6.45) is 7.43. The molecule has 0 spiro atoms. The van der Waals surface area contributed by atoms with E-state index >= 15 is 0 Å². The zero-order chi connectivity index (χ0) is 13.8. The Kier molecular flexibility index (Phi) is 4.52. The van der Waals surface area contributed by atoms with Gasteiger partial charge in [-0.05, 0) is 32.1 Å². The standard InChI is InChI=1S/C14H23N3O3/c18-14-16-8-4-1-2-6-12(16)15-17(14)9-11-20-13-7-3-5-10-19-13/h13H,1-11H2. The molecular formula is C14H23N3O3. The number of rotatable bonds is 4. The van der Waals surface area contributed by atoms with Gasteiger partial charge in [-0.1, -0.05) is 6.42 Å². The molecule has 3 heterocycles. The first-order valence-electron chi connectivity index (χ1n) is 7.74. The molecule has 2 aliphatic heterocycles. The molecule has 1 unspecified atom stereocenters. The van der Waals surface area contributed by atoms with Gasteiger partial charge in [0.05, 0.1) is 13.2 Å². The van der Waals surface area contributed by atoms with Gasteiger partial charge >= 0.3 is 5.69 Å². The van der Waals surface area contributed by atoms with E-state index < -0.39 is 0 Å². The van der Waals surface area contributed by atoms with Gasteiger partial charge in [0.2, 0.25) is 0 Å². The number of hydrogen-bond acceptors (Lipinski definition) is 4. The summed E-state index contributed by atoms with van der Waals surface area (Å²) in [4.78, 5) is 12.2. The maximum absolute atomic E-state index is 12.2. The van der Waals surface area contributed by atoms with Crippen LogP contribution < -0.4 is 5.69 Å². The molecule has 0 bridgehead atoms. The fourth-order valence-electron chi connectivity index (χ4n) is 2.88. The maximum atomic E-state index is 12.2. The quantitative estimate of drug-likeness (QED) is 0.835. The highest BCUT2D eigenvalue weighted by molar-refractivity contribution is 4.90. The van der Waals surface area contributed by atoms with Crippen LogP contribution in [-0.4, -0.2) is 33.9 Å². The Labute approximate surface area is 118 Å². The number of aromatic nitrogens is 3. The molecule has 0 amide bonds. The summed E-state index contributed by atoms with van der Waals surface area (Å²) in [7, 11) is 0. The molecule has 1 aromatic rings. The lowest BCUT2D eigenvalue weighted by Gasteiger charge is -2.22. The van der Waals surface area contributed by atoms with Crippen molar-refractivity contribution in [1.29, 1.82) is 0 Å². The molecule has 1 atom stereocenters. The van der Waals surface area contributed by atoms with Crippen LogP contribution in [0.1, 0.15) is 44.3 Å². The van der Waals surface area contributed by atoms with Gasteiger partial charge in [0.15, 0.2) is 6.29 Å². The molecule has 0 radical (unpaired) electrons. The molecule has 2 aliphatic rings. The fraction of sp³-hybridized carbons (Fsp3) is 0.857. The Morgan fingerprint density at radius 1 is 1.25 bits per heavy atom. The van der Waals surface area contributed by atoms with Crippen LogP contribution >= 0.6 is 0 Å². The second-order valence-electron chi connectivity index (χ2n) is 5.55. The Hall–Kier alpha value is -1.14. The minimum absolute atomic E-state index is 0.00932. The monoisotopic (exact) mass is 281 g/mol. The van der Waals surface area contributed by atoms with Gasteiger partial charge < -0.3 is 9.47 Å². The minimum atomic E-state index is -0.0973. The van der Waals surface area contributed by atoms with Crippen LogP contribution in [0.15, 0.2) is 4.79 Å². The molecule has 20 heavy (non-hydrogen) atoms. The smallest absolute Gasteiger partial charge is 0.345 e. The summed E-state index contributed by atoms with van der Waals surface area (Å²) >= 11 is 0. The highest BCUT2D eigenvalue weighted by Crippen LogP contribution is 2.13. The summed E-state index contributed by atoms with van der Waals surface area (Å²) in [5.74, 6) is 0.932. The second-order valence-corrected chi connectivity index (χ2v) is 5.55. The lowest BCUT2D eigenvalue weighted by atomic mass is 10.2. The first-order chi connectivity index (χ1) is 9.84. The molecule has 112 valence electrons. The van der Waals surface area contributed by atoms with Crippen LogP contribution in [0.3, 0.4) is 0 Å². The van der Waals surface area contributed by atoms with Crippen molar-refractivity contribution >= 4 is 0 Å². The van der Waals surface area contributed by atoms with Gasteiger partial charge in [-0.25, -0.2) is 9.48 Å². The normalized spacial score (nSPS) is 23.3. The SMILES string of the molecule is O=c1n(CCOC2CCCCO2)nc2n1CCCCC2. The third-order valence-electron chi connectivity index (χ3n) is 4.03. The van der Waals surface area contributed by atoms with Crippen molar-refractivity contribution in [3.05, 3.63) is 16.3 Å². The molecule has 6 heteroatoms. The van der Waals surface area contributed by atoms with Gasteiger partial charge in [0.1, 0.15) is 5.82 Å². The molecule has 6 nitrogen and oxygen atoms in total. The van der Waals surface area contributed by atoms with Gasteiger partial charge in [0.25, 0.3) is 0 Å². The minimum Gasteiger partial charge on any atom is -0.353 e. The predicted molar refractivity (Wildman–Crippen MR) is 73.6 cm³/mol. The van der Waals surface area contributed by atoms with E-state index in [4.69, 9.17) is 9.47 Å². The fourth-order valence-corrected chi connectivity index (χ4v) is 2.88. The lowest BCUT2D eigenvalue weighted by Crippen LogP contribution is -2.29. The van der Waals surface area contributed by atoms with Gasteiger partial charge in [0, 0.05) is 19.6 Å². The summed E-state index contributed by atoms with van der Waals surface area (Å²) in [5.41, 5.74) is 0.00932. The largest absolute Gasteiger partial charge is 0.353 e. The zero-order valence-corrected chi connectivity index (χ0v) is 11.9. The molecule has 1 fully saturated rings. The molecule has 1 saturated heterocycles. The Morgan fingerprint density at radius 2 is 2.20 bits per heavy atom. The van der Waals surface area contributed by atoms with E-state index in [9.17, 15) is 4.79 Å². The van der Waals surface area contributed by atoms with Crippen molar-refractivity contribution < 1.29 is 9.47 Å². The van der Waals surface area contributed by atoms with Crippen LogP contribution in [0.5, 0.6) is 0 Å². The van der Waals surface area contributed by atoms with Crippen molar-refractivity contribution in [2.24, 2.45) is 0 Å². The average molecular weight is 281 g/mol. The van der Waals surface area contributed by atoms with E-state index in [0.717, 1.165) is 57.5 Å². The van der Waals surface area contributed by atoms with E-state index in [1.807, 2.05) is 4.57 Å². The lowest BCUT2D eigenvalue weighted by molar-refractivity contribution is -0.163. The maximum Gasteiger partial charge on any atom is 0.345 e. The van der Waals surface area contributed by atoms with Crippen molar-refractivity contribution in [3.63, 3.8) is 0 Å². The van der Waals surface area contributed by atoms with Gasteiger partial charge in [-0.2, -0.15) is 5.10 Å². The van der Waals surface area contributed by atoms with Crippen molar-refractivity contribution in [2.75, 3.05) is 13.2 Å². The van der Waals surface area contributed by atoms with Crippen LogP contribution in [0.4, 0.5) is 0 Å². The third-order valence-corrected chi connectivity index (χ3v) is 4.03. The number of nitrogens with zero attached hydrogens (tertiary/aromatic N) is 3. The van der Waals surface area contributed by atoms with Crippen LogP contribution in [-0.2, 0) is 29.0 Å². The molecule has 0 aliphatic carbocycles. The Morgan fingerprint density at radius 3 is 3.05 bits per heavy atom. The predicted octanol–water partition coefficient (Wildman–Crippen LogP) is 1.31. The van der Waals surface area contributed by atoms with Crippen LogP contribution in [0, 0.1) is 0 Å². The van der Waals surface area contributed by atoms with E-state index in [-0.39, 0.29) is 12.0 Å². The van der Waals surface area contributed by atoms with Crippen molar-refractivity contribution in [1.82, 2.24) is 14.3 Å². The van der Waals surface area contributed by atoms with Gasteiger partial charge in [-0.15, -0.1) is 0 Å². The molecular weight excluding hydrogens is 258 g/mol. The van der Waals surface area contributed by atoms with Crippen molar-refractivity contribution in [3.8, 4) is 0 Å². The zero-order valence-electron chi connectivity index (χ0n) is 11.9. The van der Waals surface area contributed by atoms with E-state index in [0.29, 0.717) is 13.2 Å². The van der Waals surface area contributed by atoms with Gasteiger partial charge in [-0.3, -0.25) is 4.57 Å². The topological polar surface area (TPSA) is 58.3 Å². The number of aryl methyl sites for hydroxylation is 1. The highest BCUT2D eigenvalue weighted by atomic mass is 16.7. The average Bonchev–Trinajstić information content (AvgIpc) is 2.66. The molecule has 0 N–H and O–H groups in total. The molecule has 0 saturated carbocycles. The summed E-state index contributed by atoms with van der Waals surface area (Å²) in [6.45, 7) is 2.59. The number of hydrogen-bond donors (Lipinski definition) is 0. The molecule has 3 rings (SSSR count). The first kappa shape index (κ1) is 13.8. The number of ether oxygens (including phenoxy) is 2.